The maximum Gasteiger partial charge on any atom is 0.159 e. The summed E-state index contributed by atoms with van der Waals surface area (Å²) >= 11 is 0. The lowest BCUT2D eigenvalue weighted by Gasteiger charge is -2.25. The Bertz CT molecular complexity index is 10500. The quantitative estimate of drug-likeness (QED) is 0.137. The van der Waals surface area contributed by atoms with E-state index in [2.05, 4.69) is 518 Å². The molecule has 0 fully saturated rings. The van der Waals surface area contributed by atoms with Crippen LogP contribution in [0.4, 0.5) is 17.1 Å². The lowest BCUT2D eigenvalue weighted by molar-refractivity contribution is 0.666. The largest absolute Gasteiger partial charge is 0.456 e. The Labute approximate surface area is 808 Å². The smallest absolute Gasteiger partial charge is 0.159 e. The molecule has 141 heavy (non-hydrogen) atoms. The first-order chi connectivity index (χ1) is 70.0. The molecule has 8 heterocycles. The van der Waals surface area contributed by atoms with Gasteiger partial charge in [-0.2, -0.15) is 0 Å². The van der Waals surface area contributed by atoms with Gasteiger partial charge in [0.05, 0.1) is 71.9 Å². The van der Waals surface area contributed by atoms with Crippen molar-refractivity contribution < 1.29 is 8.83 Å². The highest BCUT2D eigenvalue weighted by Gasteiger charge is 2.27. The highest BCUT2D eigenvalue weighted by Crippen LogP contribution is 2.49. The minimum absolute atomic E-state index is 0.904. The molecule has 31 aromatic rings. The monoisotopic (exact) mass is 1800 g/mol. The van der Waals surface area contributed by atoms with Crippen LogP contribution in [0.3, 0.4) is 0 Å². The van der Waals surface area contributed by atoms with Crippen LogP contribution in [-0.4, -0.2) is 27.4 Å². The number of para-hydroxylation sites is 11. The summed E-state index contributed by atoms with van der Waals surface area (Å²) in [5.41, 5.74) is 30.5. The van der Waals surface area contributed by atoms with Crippen molar-refractivity contribution in [2.75, 3.05) is 4.90 Å². The lowest BCUT2D eigenvalue weighted by atomic mass is 10.0. The normalized spacial score (nSPS) is 12.0. The van der Waals surface area contributed by atoms with Gasteiger partial charge in [0.1, 0.15) is 16.7 Å². The van der Waals surface area contributed by atoms with Gasteiger partial charge in [-0.3, -0.25) is 0 Å². The summed E-state index contributed by atoms with van der Waals surface area (Å²) in [5.74, 6) is 0. The van der Waals surface area contributed by atoms with Crippen molar-refractivity contribution in [2.45, 2.75) is 0 Å². The SMILES string of the molecule is c1ccc(-n2c3cc4c(cc3c3ccc5ccccc5c32)c2ccccc2n4-c2cccc(-c3ccc4oc5ccccc5c4c3)c2)cc1.c1ccc(-n2c3cc4ccccc4cc3c3cc4c5ccccc5n(-c5cccc6c5oc5ccccc56)c4cc32)cc1.c1ccc(N(c2ccccc2)c2ccc(-n3c4ccccc4c4cc5c6c7ccccc7ccc6n(-c6ccccc6)c5cc43)cc2)cc1. The predicted octanol–water partition coefficient (Wildman–Crippen LogP) is 36.0. The van der Waals surface area contributed by atoms with Gasteiger partial charge in [0.25, 0.3) is 0 Å². The summed E-state index contributed by atoms with van der Waals surface area (Å²) in [6.07, 6.45) is 0. The number of fused-ring (bicyclic) bond motifs is 29. The molecule has 0 aliphatic rings. The maximum absolute atomic E-state index is 6.55. The second-order valence-electron chi connectivity index (χ2n) is 36.9. The van der Waals surface area contributed by atoms with Crippen molar-refractivity contribution in [3.63, 3.8) is 0 Å². The number of hydrogen-bond acceptors (Lipinski definition) is 3. The van der Waals surface area contributed by atoms with Crippen molar-refractivity contribution in [3.8, 4) is 45.3 Å². The van der Waals surface area contributed by atoms with Crippen LogP contribution < -0.4 is 4.90 Å². The van der Waals surface area contributed by atoms with Crippen LogP contribution in [0.1, 0.15) is 0 Å². The predicted molar refractivity (Wildman–Crippen MR) is 593 cm³/mol. The van der Waals surface area contributed by atoms with E-state index in [0.29, 0.717) is 0 Å². The molecule has 8 aromatic heterocycles. The minimum atomic E-state index is 0.904. The Kier molecular flexibility index (Phi) is 17.9. The molecule has 9 heteroatoms. The number of hydrogen-bond donors (Lipinski definition) is 0. The summed E-state index contributed by atoms with van der Waals surface area (Å²) in [6, 6.07) is 182. The van der Waals surface area contributed by atoms with Crippen LogP contribution in [0, 0.1) is 0 Å². The van der Waals surface area contributed by atoms with Gasteiger partial charge < -0.3 is 41.1 Å². The second-order valence-corrected chi connectivity index (χ2v) is 36.9. The Morgan fingerprint density at radius 3 is 1.15 bits per heavy atom. The van der Waals surface area contributed by atoms with Gasteiger partial charge in [0.15, 0.2) is 5.58 Å². The number of anilines is 3. The third-order valence-corrected chi connectivity index (χ3v) is 29.2. The van der Waals surface area contributed by atoms with Crippen LogP contribution in [-0.2, 0) is 0 Å². The van der Waals surface area contributed by atoms with Crippen molar-refractivity contribution in [1.29, 1.82) is 0 Å². The average molecular weight is 1800 g/mol. The summed E-state index contributed by atoms with van der Waals surface area (Å²) < 4.78 is 27.2. The molecule has 0 aliphatic heterocycles. The molecule has 0 N–H and O–H groups in total. The van der Waals surface area contributed by atoms with E-state index < -0.39 is 0 Å². The second kappa shape index (κ2) is 31.8. The molecule has 0 aliphatic carbocycles. The third kappa shape index (κ3) is 12.5. The topological polar surface area (TPSA) is 59.1 Å². The van der Waals surface area contributed by atoms with Gasteiger partial charge in [0.2, 0.25) is 0 Å². The zero-order chi connectivity index (χ0) is 92.4. The van der Waals surface area contributed by atoms with E-state index in [1.165, 1.54) is 169 Å². The Morgan fingerprint density at radius 2 is 0.532 bits per heavy atom. The number of rotatable bonds is 10. The molecule has 0 radical (unpaired) electrons. The van der Waals surface area contributed by atoms with Crippen molar-refractivity contribution in [2.24, 2.45) is 0 Å². The van der Waals surface area contributed by atoms with Crippen LogP contribution >= 0.6 is 0 Å². The molecule has 0 saturated carbocycles. The molecule has 0 amide bonds. The molecule has 0 saturated heterocycles. The maximum atomic E-state index is 6.55. The molecular weight excluding hydrogens is 1720 g/mol. The van der Waals surface area contributed by atoms with E-state index in [1.54, 1.807) is 0 Å². The van der Waals surface area contributed by atoms with Gasteiger partial charge in [-0.1, -0.05) is 303 Å². The van der Waals surface area contributed by atoms with Gasteiger partial charge in [-0.05, 0) is 238 Å². The first-order valence-electron chi connectivity index (χ1n) is 48.2. The first kappa shape index (κ1) is 79.4. The summed E-state index contributed by atoms with van der Waals surface area (Å²) in [5, 5.41) is 27.1. The molecule has 31 rings (SSSR count). The molecule has 23 aromatic carbocycles. The fraction of sp³-hybridized carbons (Fsp3) is 0. The molecule has 658 valence electrons. The molecule has 0 atom stereocenters. The number of aromatic nitrogens is 6. The zero-order valence-corrected chi connectivity index (χ0v) is 76.4. The molecule has 0 unspecified atom stereocenters. The highest BCUT2D eigenvalue weighted by molar-refractivity contribution is 6.28. The van der Waals surface area contributed by atoms with Gasteiger partial charge in [0, 0.05) is 137 Å². The highest BCUT2D eigenvalue weighted by atomic mass is 16.3. The van der Waals surface area contributed by atoms with E-state index in [9.17, 15) is 0 Å². The van der Waals surface area contributed by atoms with E-state index >= 15 is 0 Å². The third-order valence-electron chi connectivity index (χ3n) is 29.2. The lowest BCUT2D eigenvalue weighted by Crippen LogP contribution is -2.09. The van der Waals surface area contributed by atoms with E-state index in [-0.39, 0.29) is 0 Å². The Balaban J connectivity index is 0.000000102. The van der Waals surface area contributed by atoms with E-state index in [1.807, 2.05) is 18.2 Å². The fourth-order valence-electron chi connectivity index (χ4n) is 23.0. The summed E-state index contributed by atoms with van der Waals surface area (Å²) in [7, 11) is 0. The number of nitrogens with zero attached hydrogens (tertiary/aromatic N) is 7. The number of furan rings is 2. The van der Waals surface area contributed by atoms with Crippen molar-refractivity contribution in [1.82, 2.24) is 27.4 Å². The van der Waals surface area contributed by atoms with Crippen LogP contribution in [0.15, 0.2) is 512 Å². The minimum Gasteiger partial charge on any atom is -0.456 e. The Hall–Kier alpha value is -19.0. The van der Waals surface area contributed by atoms with Crippen LogP contribution in [0.25, 0.3) is 252 Å². The average Bonchev–Trinajstić information content (AvgIpc) is 1.55. The van der Waals surface area contributed by atoms with Gasteiger partial charge in [-0.15, -0.1) is 0 Å². The van der Waals surface area contributed by atoms with E-state index in [0.717, 1.165) is 101 Å². The molecular formula is C132H83N7O2. The first-order valence-corrected chi connectivity index (χ1v) is 48.2. The van der Waals surface area contributed by atoms with Gasteiger partial charge in [-0.25, -0.2) is 0 Å². The number of benzene rings is 23. The van der Waals surface area contributed by atoms with Crippen LogP contribution in [0.5, 0.6) is 0 Å². The van der Waals surface area contributed by atoms with Crippen molar-refractivity contribution >= 4 is 224 Å². The van der Waals surface area contributed by atoms with Gasteiger partial charge >= 0.3 is 0 Å². The van der Waals surface area contributed by atoms with Crippen LogP contribution in [0.2, 0.25) is 0 Å². The van der Waals surface area contributed by atoms with E-state index in [4.69, 9.17) is 8.83 Å². The Morgan fingerprint density at radius 1 is 0.156 bits per heavy atom. The van der Waals surface area contributed by atoms with Crippen molar-refractivity contribution in [3.05, 3.63) is 504 Å². The zero-order valence-electron chi connectivity index (χ0n) is 76.4. The molecule has 0 bridgehead atoms. The standard InChI is InChI=1S/C46H31N3.C46H28N2O.C40H24N2O/c1-4-15-33(16-5-1)47(34-17-6-2-7-18-34)36-25-27-37(28-26-36)48-42-23-13-12-22-39(42)40-30-41-45(31-44(40)48)49(35-19-8-3-9-20-35)43-29-24-32-14-10-11-21-38(32)46(41)43;1-2-13-32(14-3-1)48-43-28-42-38(27-39(43)37-23-21-29-11-4-5-16-34(29)46(37)48)35-17-6-8-19-41(35)47(42)33-15-10-12-30(25-33)31-22-24-45-40(26-31)36-18-7-9-20-44(36)49-45;1-2-13-27(14-3-1)41-36-22-26-12-5-4-11-25(26)21-31(36)33-23-32-28-15-6-8-18-34(28)42(38(32)24-37(33)41)35-19-10-17-30-29-16-7-9-20-39(29)43-40(30)35/h1-31H;1-28H;1-24H. The fourth-order valence-corrected chi connectivity index (χ4v) is 23.0. The molecule has 9 nitrogen and oxygen atoms in total. The summed E-state index contributed by atoms with van der Waals surface area (Å²) in [6.45, 7) is 0. The summed E-state index contributed by atoms with van der Waals surface area (Å²) in [4.78, 5) is 2.31. The molecule has 0 spiro atoms.